The van der Waals surface area contributed by atoms with E-state index in [1.165, 1.54) is 11.3 Å². The van der Waals surface area contributed by atoms with Gasteiger partial charge in [-0.05, 0) is 50.3 Å². The van der Waals surface area contributed by atoms with Gasteiger partial charge in [0.1, 0.15) is 0 Å². The largest absolute Gasteiger partial charge is 0.378 e. The Balaban J connectivity index is 1.45. The third-order valence-electron chi connectivity index (χ3n) is 5.85. The second-order valence-corrected chi connectivity index (χ2v) is 7.91. The molecule has 0 saturated carbocycles. The number of pyridine rings is 1. The van der Waals surface area contributed by atoms with Gasteiger partial charge in [-0.1, -0.05) is 13.0 Å². The summed E-state index contributed by atoms with van der Waals surface area (Å²) in [5.74, 6) is 0.0652. The molecule has 0 radical (unpaired) electrons. The molecule has 7 heteroatoms. The number of hydrogen-bond acceptors (Lipinski definition) is 5. The minimum Gasteiger partial charge on any atom is -0.378 e. The van der Waals surface area contributed by atoms with Gasteiger partial charge in [0, 0.05) is 49.3 Å². The molecule has 29 heavy (non-hydrogen) atoms. The van der Waals surface area contributed by atoms with Crippen LogP contribution in [0.3, 0.4) is 0 Å². The van der Waals surface area contributed by atoms with Gasteiger partial charge in [0.05, 0.1) is 13.2 Å². The summed E-state index contributed by atoms with van der Waals surface area (Å²) >= 11 is 0. The molecule has 1 atom stereocenters. The van der Waals surface area contributed by atoms with Gasteiger partial charge in [-0.25, -0.2) is 0 Å². The summed E-state index contributed by atoms with van der Waals surface area (Å²) < 4.78 is 7.48. The Morgan fingerprint density at radius 3 is 2.97 bits per heavy atom. The molecule has 3 heterocycles. The van der Waals surface area contributed by atoms with Crippen LogP contribution in [0.5, 0.6) is 0 Å². The Morgan fingerprint density at radius 2 is 2.21 bits per heavy atom. The summed E-state index contributed by atoms with van der Waals surface area (Å²) in [6, 6.07) is 4.48. The minimum atomic E-state index is 0.0652. The summed E-state index contributed by atoms with van der Waals surface area (Å²) in [7, 11) is 0. The Kier molecular flexibility index (Phi) is 6.56. The van der Waals surface area contributed by atoms with Crippen LogP contribution in [-0.4, -0.2) is 64.5 Å². The highest BCUT2D eigenvalue weighted by Gasteiger charge is 2.31. The first-order chi connectivity index (χ1) is 14.3. The summed E-state index contributed by atoms with van der Waals surface area (Å²) in [5, 5.41) is 8.46. The van der Waals surface area contributed by atoms with E-state index in [2.05, 4.69) is 28.0 Å². The van der Waals surface area contributed by atoms with Crippen molar-refractivity contribution >= 4 is 5.91 Å². The van der Waals surface area contributed by atoms with Crippen LogP contribution >= 0.6 is 0 Å². The lowest BCUT2D eigenvalue weighted by molar-refractivity contribution is 0.0297. The minimum absolute atomic E-state index is 0.0652. The first-order valence-electron chi connectivity index (χ1n) is 10.8. The molecule has 2 aromatic rings. The number of amides is 1. The molecule has 0 aromatic carbocycles. The van der Waals surface area contributed by atoms with Crippen molar-refractivity contribution in [2.75, 3.05) is 32.8 Å². The predicted molar refractivity (Wildman–Crippen MR) is 111 cm³/mol. The van der Waals surface area contributed by atoms with Crippen molar-refractivity contribution in [2.24, 2.45) is 0 Å². The van der Waals surface area contributed by atoms with E-state index in [4.69, 9.17) is 9.84 Å². The Morgan fingerprint density at radius 1 is 1.34 bits per heavy atom. The third-order valence-corrected chi connectivity index (χ3v) is 5.85. The van der Waals surface area contributed by atoms with Crippen molar-refractivity contribution in [1.29, 1.82) is 0 Å². The highest BCUT2D eigenvalue weighted by atomic mass is 16.5. The van der Waals surface area contributed by atoms with Crippen molar-refractivity contribution in [3.05, 3.63) is 47.0 Å². The summed E-state index contributed by atoms with van der Waals surface area (Å²) in [5.41, 5.74) is 4.32. The zero-order chi connectivity index (χ0) is 20.1. The van der Waals surface area contributed by atoms with Gasteiger partial charge in [-0.15, -0.1) is 0 Å². The molecule has 2 aromatic heterocycles. The van der Waals surface area contributed by atoms with Crippen molar-refractivity contribution in [1.82, 2.24) is 25.0 Å². The van der Waals surface area contributed by atoms with E-state index in [0.717, 1.165) is 50.8 Å². The first kappa shape index (κ1) is 20.0. The van der Waals surface area contributed by atoms with Crippen LogP contribution in [0.4, 0.5) is 0 Å². The fraction of sp³-hybridized carbons (Fsp3) is 0.591. The molecule has 0 spiro atoms. The van der Waals surface area contributed by atoms with Crippen LogP contribution in [0.25, 0.3) is 0 Å². The lowest BCUT2D eigenvalue weighted by Crippen LogP contribution is -2.42. The van der Waals surface area contributed by atoms with Crippen molar-refractivity contribution in [3.8, 4) is 0 Å². The van der Waals surface area contributed by atoms with E-state index >= 15 is 0 Å². The molecule has 7 nitrogen and oxygen atoms in total. The Labute approximate surface area is 172 Å². The molecule has 0 bridgehead atoms. The van der Waals surface area contributed by atoms with Crippen LogP contribution in [0.15, 0.2) is 24.5 Å². The standard InChI is InChI=1S/C22H31N5O2/c1-2-10-27-20-6-5-18(24-9-7-17-4-3-8-23-16-17)15-19(20)21(25-27)22(28)26-11-13-29-14-12-26/h3-4,8,16,18,24H,2,5-7,9-15H2,1H3. The number of carbonyl (C=O) groups is 1. The zero-order valence-electron chi connectivity index (χ0n) is 17.3. The molecule has 1 unspecified atom stereocenters. The third kappa shape index (κ3) is 4.67. The number of nitrogens with one attached hydrogen (secondary N) is 1. The van der Waals surface area contributed by atoms with Crippen molar-refractivity contribution in [2.45, 2.75) is 51.6 Å². The SMILES string of the molecule is CCCn1nc(C(=O)N2CCOCC2)c2c1CCC(NCCc1cccnc1)C2. The van der Waals surface area contributed by atoms with Gasteiger partial charge in [0.15, 0.2) is 5.69 Å². The smallest absolute Gasteiger partial charge is 0.274 e. The lowest BCUT2D eigenvalue weighted by Gasteiger charge is -2.28. The molecule has 1 saturated heterocycles. The van der Waals surface area contributed by atoms with Crippen LogP contribution in [0.1, 0.15) is 47.1 Å². The summed E-state index contributed by atoms with van der Waals surface area (Å²) in [6.07, 6.45) is 8.65. The van der Waals surface area contributed by atoms with Gasteiger partial charge in [0.2, 0.25) is 0 Å². The second-order valence-electron chi connectivity index (χ2n) is 7.91. The van der Waals surface area contributed by atoms with Crippen molar-refractivity contribution in [3.63, 3.8) is 0 Å². The van der Waals surface area contributed by atoms with E-state index in [-0.39, 0.29) is 5.91 Å². The van der Waals surface area contributed by atoms with Crippen molar-refractivity contribution < 1.29 is 9.53 Å². The van der Waals surface area contributed by atoms with Gasteiger partial charge in [-0.3, -0.25) is 14.5 Å². The van der Waals surface area contributed by atoms with E-state index in [9.17, 15) is 4.79 Å². The quantitative estimate of drug-likeness (QED) is 0.772. The number of ether oxygens (including phenoxy) is 1. The first-order valence-corrected chi connectivity index (χ1v) is 10.8. The number of carbonyl (C=O) groups excluding carboxylic acids is 1. The normalized spacial score (nSPS) is 19.2. The monoisotopic (exact) mass is 397 g/mol. The van der Waals surface area contributed by atoms with Gasteiger partial charge in [0.25, 0.3) is 5.91 Å². The highest BCUT2D eigenvalue weighted by molar-refractivity contribution is 5.94. The van der Waals surface area contributed by atoms with Crippen LogP contribution in [-0.2, 0) is 30.5 Å². The molecule has 1 aliphatic carbocycles. The van der Waals surface area contributed by atoms with E-state index < -0.39 is 0 Å². The van der Waals surface area contributed by atoms with Crippen LogP contribution in [0, 0.1) is 0 Å². The highest BCUT2D eigenvalue weighted by Crippen LogP contribution is 2.26. The number of nitrogens with zero attached hydrogens (tertiary/aromatic N) is 4. The maximum atomic E-state index is 13.2. The molecule has 156 valence electrons. The maximum Gasteiger partial charge on any atom is 0.274 e. The average molecular weight is 398 g/mol. The Hall–Kier alpha value is -2.25. The molecular formula is C22H31N5O2. The molecule has 1 N–H and O–H groups in total. The number of rotatable bonds is 7. The van der Waals surface area contributed by atoms with Gasteiger partial charge < -0.3 is 15.0 Å². The molecular weight excluding hydrogens is 366 g/mol. The Bertz CT molecular complexity index is 814. The van der Waals surface area contributed by atoms with Crippen LogP contribution in [0.2, 0.25) is 0 Å². The second kappa shape index (κ2) is 9.50. The molecule has 4 rings (SSSR count). The predicted octanol–water partition coefficient (Wildman–Crippen LogP) is 1.85. The number of fused-ring (bicyclic) bond motifs is 1. The summed E-state index contributed by atoms with van der Waals surface area (Å²) in [4.78, 5) is 19.2. The summed E-state index contributed by atoms with van der Waals surface area (Å²) in [6.45, 7) is 6.48. The zero-order valence-corrected chi connectivity index (χ0v) is 17.3. The molecule has 1 aliphatic heterocycles. The number of aryl methyl sites for hydroxylation is 1. The molecule has 2 aliphatic rings. The fourth-order valence-corrected chi connectivity index (χ4v) is 4.31. The van der Waals surface area contributed by atoms with Gasteiger partial charge in [-0.2, -0.15) is 5.10 Å². The molecule has 1 fully saturated rings. The number of aromatic nitrogens is 3. The maximum absolute atomic E-state index is 13.2. The topological polar surface area (TPSA) is 72.3 Å². The number of morpholine rings is 1. The van der Waals surface area contributed by atoms with Crippen LogP contribution < -0.4 is 5.32 Å². The number of hydrogen-bond donors (Lipinski definition) is 1. The van der Waals surface area contributed by atoms with E-state index in [1.54, 1.807) is 6.20 Å². The average Bonchev–Trinajstić information content (AvgIpc) is 3.13. The van der Waals surface area contributed by atoms with Gasteiger partial charge >= 0.3 is 0 Å². The lowest BCUT2D eigenvalue weighted by atomic mass is 9.91. The van der Waals surface area contributed by atoms with E-state index in [1.807, 2.05) is 17.2 Å². The van der Waals surface area contributed by atoms with E-state index in [0.29, 0.717) is 38.0 Å². The fourth-order valence-electron chi connectivity index (χ4n) is 4.31. The molecule has 1 amide bonds.